The number of aromatic hydroxyl groups is 1. The van der Waals surface area contributed by atoms with Gasteiger partial charge in [-0.1, -0.05) is 145 Å². The lowest BCUT2D eigenvalue weighted by molar-refractivity contribution is -0.171. The smallest absolute Gasteiger partial charge is 0.417 e. The van der Waals surface area contributed by atoms with Crippen LogP contribution in [0.15, 0.2) is 194 Å². The molecule has 0 saturated heterocycles. The molecule has 0 aliphatic heterocycles. The van der Waals surface area contributed by atoms with Gasteiger partial charge in [-0.05, 0) is 179 Å². The summed E-state index contributed by atoms with van der Waals surface area (Å²) in [5, 5.41) is 9.74. The highest BCUT2D eigenvalue weighted by Gasteiger charge is 2.48. The summed E-state index contributed by atoms with van der Waals surface area (Å²) in [5.74, 6) is -1.28. The van der Waals surface area contributed by atoms with E-state index in [1.54, 1.807) is 31.2 Å². The van der Waals surface area contributed by atoms with Crippen LogP contribution in [0.3, 0.4) is 0 Å². The average Bonchev–Trinajstić information content (AvgIpc) is 1.42. The molecule has 1 unspecified atom stereocenters. The summed E-state index contributed by atoms with van der Waals surface area (Å²) in [7, 11) is -5.87. The number of aromatic amines is 1. The highest BCUT2D eigenvalue weighted by molar-refractivity contribution is 7.97. The van der Waals surface area contributed by atoms with Crippen LogP contribution in [0.25, 0.3) is 21.9 Å². The van der Waals surface area contributed by atoms with Crippen molar-refractivity contribution in [2.24, 2.45) is 21.7 Å². The first kappa shape index (κ1) is 75.6. The zero-order valence-electron chi connectivity index (χ0n) is 55.8. The number of fused-ring (bicyclic) bond motifs is 3. The predicted molar refractivity (Wildman–Crippen MR) is 362 cm³/mol. The molecule has 7 aromatic carbocycles. The van der Waals surface area contributed by atoms with E-state index in [1.807, 2.05) is 86.6 Å². The van der Waals surface area contributed by atoms with Crippen molar-refractivity contribution >= 4 is 72.4 Å². The number of H-pyrrole nitrogens is 1. The van der Waals surface area contributed by atoms with Crippen molar-refractivity contribution < 1.29 is 64.7 Å². The number of nitrogens with one attached hydrogen (secondary N) is 2. The van der Waals surface area contributed by atoms with Crippen LogP contribution in [0.5, 0.6) is 11.5 Å². The number of esters is 3. The summed E-state index contributed by atoms with van der Waals surface area (Å²) in [6.45, 7) is 24.7. The molecule has 93 heavy (non-hydrogen) atoms. The molecule has 0 radical (unpaired) electrons. The second kappa shape index (κ2) is 32.6. The summed E-state index contributed by atoms with van der Waals surface area (Å²) < 4.78 is 77.3. The maximum absolute atomic E-state index is 13.0. The molecular weight excluding hydrogens is 1230 g/mol. The lowest BCUT2D eigenvalue weighted by Crippen LogP contribution is -2.44. The number of phenolic OH excluding ortho intramolecular Hbond substituents is 1. The molecule has 8 aromatic rings. The highest BCUT2D eigenvalue weighted by atomic mass is 32.2. The summed E-state index contributed by atoms with van der Waals surface area (Å²) in [6, 6.07) is 56.3. The Morgan fingerprint density at radius 1 is 0.624 bits per heavy atom. The third-order valence-electron chi connectivity index (χ3n) is 16.9. The third-order valence-corrected chi connectivity index (χ3v) is 20.1. The van der Waals surface area contributed by atoms with Crippen LogP contribution in [0.4, 0.5) is 14.5 Å². The number of phenols is 1. The van der Waals surface area contributed by atoms with Crippen molar-refractivity contribution in [1.82, 2.24) is 4.98 Å². The Hall–Kier alpha value is -8.13. The quantitative estimate of drug-likeness (QED) is 0.0253. The van der Waals surface area contributed by atoms with Gasteiger partial charge < -0.3 is 33.6 Å². The van der Waals surface area contributed by atoms with Crippen LogP contribution in [-0.4, -0.2) is 63.8 Å². The fourth-order valence-corrected chi connectivity index (χ4v) is 11.2. The maximum Gasteiger partial charge on any atom is 0.417 e. The molecular formula is C74H90F2N2O13S2. The molecule has 0 fully saturated rings. The van der Waals surface area contributed by atoms with Crippen LogP contribution < -0.4 is 15.8 Å². The van der Waals surface area contributed by atoms with E-state index in [2.05, 4.69) is 137 Å². The van der Waals surface area contributed by atoms with E-state index in [0.717, 1.165) is 55.0 Å². The summed E-state index contributed by atoms with van der Waals surface area (Å²) in [4.78, 5) is 65.5. The molecule has 1 atom stereocenters. The van der Waals surface area contributed by atoms with Crippen molar-refractivity contribution in [2.45, 2.75) is 180 Å². The summed E-state index contributed by atoms with van der Waals surface area (Å²) >= 11 is 0. The van der Waals surface area contributed by atoms with Crippen molar-refractivity contribution in [1.29, 1.82) is 0 Å². The molecule has 15 nitrogen and oxygen atoms in total. The SMILES string of the molecule is CCC(C)(C)C(=O)Nc1cccc2c(O)cccc12.CCC(C)(C)C(=O)OC(C)C(F)(F)S(=O)(=O)[O-].CCC(C)(C)C(=O)OC1(C)CCc2ccccc2CC1.CCC(C)(C)C(=O)Oc1ccc2[nH]c(=O)oc2c1.c1ccc([S+](c2ccccc2)c2ccccc2)cc1. The van der Waals surface area contributed by atoms with Gasteiger partial charge in [0, 0.05) is 27.9 Å². The van der Waals surface area contributed by atoms with Gasteiger partial charge in [0.15, 0.2) is 36.5 Å². The Morgan fingerprint density at radius 2 is 1.06 bits per heavy atom. The molecule has 0 bridgehead atoms. The Balaban J connectivity index is 0.000000211. The summed E-state index contributed by atoms with van der Waals surface area (Å²) in [6.07, 6.45) is 4.09. The normalized spacial score (nSPS) is 13.5. The molecule has 1 aromatic heterocycles. The lowest BCUT2D eigenvalue weighted by Gasteiger charge is -2.32. The number of aryl methyl sites for hydroxylation is 2. The molecule has 1 heterocycles. The standard InChI is InChI=1S/C18H26O2.C18H15S.C16H19NO2.C13H15NO4.C9H16F2O5S/c1-5-17(2,3)16(19)20-18(4)12-10-14-8-6-7-9-15(14)11-13-18;1-4-10-16(11-5-1)19(17-12-6-2-7-13-17)18-14-8-3-9-15-18;1-4-16(2,3)15(19)17-13-9-5-8-12-11(13)7-6-10-14(12)18;1-4-13(2,3)11(15)17-8-5-6-9-10(7-8)18-12(16)14-9;1-5-8(3,4)7(12)16-6(2)9(10,11)17(13,14)15/h6-9H,5,10-13H2,1-4H3;1-15H;5-10,18H,4H2,1-3H3,(H,17,19);5-7H,4H2,1-3H3,(H,14,16);6H,5H2,1-4H3,(H,13,14,15)/q;+1;;;/p-1. The third kappa shape index (κ3) is 20.9. The van der Waals surface area contributed by atoms with E-state index in [-0.39, 0.29) is 45.5 Å². The van der Waals surface area contributed by atoms with E-state index < -0.39 is 49.4 Å². The van der Waals surface area contributed by atoms with E-state index >= 15 is 0 Å². The van der Waals surface area contributed by atoms with Gasteiger partial charge in [0.05, 0.1) is 32.7 Å². The number of anilines is 1. The molecule has 0 spiro atoms. The number of amides is 1. The number of ether oxygens (including phenoxy) is 3. The molecule has 3 N–H and O–H groups in total. The molecule has 500 valence electrons. The van der Waals surface area contributed by atoms with Crippen molar-refractivity contribution in [3.8, 4) is 11.5 Å². The molecule has 19 heteroatoms. The van der Waals surface area contributed by atoms with Gasteiger partial charge in [0.25, 0.3) is 0 Å². The van der Waals surface area contributed by atoms with Gasteiger partial charge in [-0.2, -0.15) is 8.78 Å². The first-order valence-corrected chi connectivity index (χ1v) is 33.8. The van der Waals surface area contributed by atoms with E-state index in [4.69, 9.17) is 13.9 Å². The Kier molecular flexibility index (Phi) is 26.5. The van der Waals surface area contributed by atoms with Gasteiger partial charge >= 0.3 is 28.9 Å². The fourth-order valence-electron chi connectivity index (χ4n) is 8.62. The molecule has 1 aliphatic rings. The zero-order valence-corrected chi connectivity index (χ0v) is 57.5. The first-order chi connectivity index (χ1) is 43.5. The molecule has 9 rings (SSSR count). The van der Waals surface area contributed by atoms with Crippen LogP contribution in [0.1, 0.15) is 147 Å². The van der Waals surface area contributed by atoms with E-state index in [0.29, 0.717) is 36.6 Å². The highest BCUT2D eigenvalue weighted by Crippen LogP contribution is 2.36. The minimum atomic E-state index is -5.86. The van der Waals surface area contributed by atoms with Gasteiger partial charge in [0.2, 0.25) is 5.91 Å². The minimum absolute atomic E-state index is 0.00848. The van der Waals surface area contributed by atoms with Gasteiger partial charge in [-0.15, -0.1) is 0 Å². The van der Waals surface area contributed by atoms with Crippen molar-refractivity contribution in [2.75, 3.05) is 5.32 Å². The lowest BCUT2D eigenvalue weighted by atomic mass is 9.89. The van der Waals surface area contributed by atoms with Crippen molar-refractivity contribution in [3.05, 3.63) is 192 Å². The second-order valence-electron chi connectivity index (χ2n) is 25.6. The van der Waals surface area contributed by atoms with E-state index in [1.165, 1.54) is 45.7 Å². The van der Waals surface area contributed by atoms with Gasteiger partial charge in [-0.25, -0.2) is 13.2 Å². The number of rotatable bonds is 17. The largest absolute Gasteiger partial charge is 0.743 e. The number of alkyl halides is 2. The number of aromatic nitrogens is 1. The van der Waals surface area contributed by atoms with Gasteiger partial charge in [0.1, 0.15) is 17.1 Å². The molecule has 1 aliphatic carbocycles. The number of carbonyl (C=O) groups excluding carboxylic acids is 4. The zero-order chi connectivity index (χ0) is 69.2. The first-order valence-electron chi connectivity index (χ1n) is 31.2. The number of benzene rings is 7. The molecule has 1 amide bonds. The minimum Gasteiger partial charge on any atom is -0.743 e. The molecule has 0 saturated carbocycles. The topological polar surface area (TPSA) is 231 Å². The number of halogens is 2. The van der Waals surface area contributed by atoms with Crippen LogP contribution in [0.2, 0.25) is 0 Å². The van der Waals surface area contributed by atoms with E-state index in [9.17, 15) is 50.8 Å². The number of carbonyl (C=O) groups is 4. The Bertz CT molecular complexity index is 3820. The van der Waals surface area contributed by atoms with Crippen LogP contribution in [-0.2, 0) is 62.5 Å². The fraction of sp³-hybridized carbons (Fsp3) is 0.392. The number of hydrogen-bond acceptors (Lipinski definition) is 13. The van der Waals surface area contributed by atoms with Crippen molar-refractivity contribution in [3.63, 3.8) is 0 Å². The van der Waals surface area contributed by atoms with Crippen LogP contribution >= 0.6 is 0 Å². The maximum atomic E-state index is 13.0. The van der Waals surface area contributed by atoms with Crippen LogP contribution in [0, 0.1) is 21.7 Å². The monoisotopic (exact) mass is 1320 g/mol. The number of oxazole rings is 1. The number of hydrogen-bond donors (Lipinski definition) is 3. The van der Waals surface area contributed by atoms with Gasteiger partial charge in [-0.3, -0.25) is 24.2 Å². The summed E-state index contributed by atoms with van der Waals surface area (Å²) in [5.41, 5.74) is 1.83. The predicted octanol–water partition coefficient (Wildman–Crippen LogP) is 17.0. The average molecular weight is 1320 g/mol. The Morgan fingerprint density at radius 3 is 1.54 bits per heavy atom. The second-order valence-corrected chi connectivity index (χ2v) is 29.0. The Labute approximate surface area is 549 Å².